The predicted octanol–water partition coefficient (Wildman–Crippen LogP) is 5.63. The van der Waals surface area contributed by atoms with E-state index in [1.807, 2.05) is 44.2 Å². The Balaban J connectivity index is 1.92. The summed E-state index contributed by atoms with van der Waals surface area (Å²) in [5.41, 5.74) is 5.17. The smallest absolute Gasteiger partial charge is 0.343 e. The zero-order valence-corrected chi connectivity index (χ0v) is 16.4. The van der Waals surface area contributed by atoms with E-state index in [1.54, 1.807) is 30.3 Å². The Labute approximate surface area is 169 Å². The number of benzene rings is 3. The molecule has 0 fully saturated rings. The number of aryl methyl sites for hydroxylation is 2. The lowest BCUT2D eigenvalue weighted by Crippen LogP contribution is -2.08. The second-order valence-electron chi connectivity index (χ2n) is 7.08. The van der Waals surface area contributed by atoms with Crippen LogP contribution in [-0.4, -0.2) is 16.8 Å². The second-order valence-corrected chi connectivity index (χ2v) is 7.08. The number of hydrogen-bond acceptors (Lipinski definition) is 3. The number of aldehydes is 1. The number of hydrogen-bond donors (Lipinski definition) is 0. The first-order valence-electron chi connectivity index (χ1n) is 9.44. The number of carbonyl (C=O) groups excluding carboxylic acids is 2. The first kappa shape index (κ1) is 18.7. The van der Waals surface area contributed by atoms with E-state index in [0.29, 0.717) is 23.4 Å². The lowest BCUT2D eigenvalue weighted by Gasteiger charge is -2.09. The summed E-state index contributed by atoms with van der Waals surface area (Å²) in [4.78, 5) is 24.0. The Kier molecular flexibility index (Phi) is 4.77. The maximum atomic E-state index is 12.5. The average molecular weight is 383 g/mol. The molecule has 4 heteroatoms. The predicted molar refractivity (Wildman–Crippen MR) is 116 cm³/mol. The maximum Gasteiger partial charge on any atom is 0.343 e. The van der Waals surface area contributed by atoms with Crippen LogP contribution in [0.5, 0.6) is 5.75 Å². The van der Waals surface area contributed by atoms with E-state index in [2.05, 4.69) is 11.1 Å². The van der Waals surface area contributed by atoms with E-state index < -0.39 is 5.97 Å². The fourth-order valence-electron chi connectivity index (χ4n) is 3.92. The number of aromatic nitrogens is 1. The van der Waals surface area contributed by atoms with Crippen molar-refractivity contribution in [2.24, 2.45) is 0 Å². The SMILES string of the molecule is C=CCn1c2ccc(OC(=O)c3ccccc3)cc2c2c(C)c(C=O)cc(C)c21. The van der Waals surface area contributed by atoms with Gasteiger partial charge in [-0.05, 0) is 61.4 Å². The summed E-state index contributed by atoms with van der Waals surface area (Å²) in [5.74, 6) is 0.0684. The number of nitrogens with zero attached hydrogens (tertiary/aromatic N) is 1. The van der Waals surface area contributed by atoms with Gasteiger partial charge in [0, 0.05) is 28.4 Å². The van der Waals surface area contributed by atoms with Crippen molar-refractivity contribution in [2.45, 2.75) is 20.4 Å². The maximum absolute atomic E-state index is 12.5. The van der Waals surface area contributed by atoms with Crippen LogP contribution in [0.1, 0.15) is 31.8 Å². The highest BCUT2D eigenvalue weighted by molar-refractivity contribution is 6.13. The van der Waals surface area contributed by atoms with Gasteiger partial charge >= 0.3 is 5.97 Å². The van der Waals surface area contributed by atoms with Gasteiger partial charge in [-0.3, -0.25) is 4.79 Å². The van der Waals surface area contributed by atoms with Crippen molar-refractivity contribution >= 4 is 34.1 Å². The van der Waals surface area contributed by atoms with Gasteiger partial charge in [-0.1, -0.05) is 24.3 Å². The third kappa shape index (κ3) is 3.13. The van der Waals surface area contributed by atoms with Crippen LogP contribution in [0.25, 0.3) is 21.8 Å². The van der Waals surface area contributed by atoms with Crippen LogP contribution in [0.15, 0.2) is 67.3 Å². The summed E-state index contributed by atoms with van der Waals surface area (Å²) in [6, 6.07) is 16.4. The van der Waals surface area contributed by atoms with E-state index in [0.717, 1.165) is 39.2 Å². The molecule has 0 radical (unpaired) electrons. The van der Waals surface area contributed by atoms with Gasteiger partial charge in [-0.2, -0.15) is 0 Å². The molecule has 0 N–H and O–H groups in total. The van der Waals surface area contributed by atoms with E-state index in [9.17, 15) is 9.59 Å². The van der Waals surface area contributed by atoms with Gasteiger partial charge in [0.05, 0.1) is 11.1 Å². The van der Waals surface area contributed by atoms with Gasteiger partial charge in [0.1, 0.15) is 12.0 Å². The molecule has 0 atom stereocenters. The van der Waals surface area contributed by atoms with Crippen LogP contribution < -0.4 is 4.74 Å². The van der Waals surface area contributed by atoms with E-state index in [1.165, 1.54) is 0 Å². The molecule has 144 valence electrons. The molecule has 3 aromatic carbocycles. The molecule has 0 bridgehead atoms. The molecule has 29 heavy (non-hydrogen) atoms. The first-order chi connectivity index (χ1) is 14.0. The van der Waals surface area contributed by atoms with Crippen molar-refractivity contribution in [3.05, 3.63) is 89.5 Å². The Morgan fingerprint density at radius 1 is 1.10 bits per heavy atom. The Morgan fingerprint density at radius 2 is 1.86 bits per heavy atom. The molecule has 0 aliphatic heterocycles. The molecule has 1 aromatic heterocycles. The van der Waals surface area contributed by atoms with Crippen LogP contribution >= 0.6 is 0 Å². The summed E-state index contributed by atoms with van der Waals surface area (Å²) in [6.07, 6.45) is 2.74. The van der Waals surface area contributed by atoms with Crippen LogP contribution in [0.4, 0.5) is 0 Å². The van der Waals surface area contributed by atoms with Gasteiger partial charge in [0.25, 0.3) is 0 Å². The summed E-state index contributed by atoms with van der Waals surface area (Å²) in [6.45, 7) is 8.48. The molecule has 0 aliphatic carbocycles. The number of carbonyl (C=O) groups is 2. The van der Waals surface area contributed by atoms with Gasteiger partial charge in [-0.15, -0.1) is 6.58 Å². The molecule has 0 saturated carbocycles. The van der Waals surface area contributed by atoms with Crippen molar-refractivity contribution in [2.75, 3.05) is 0 Å². The fourth-order valence-corrected chi connectivity index (χ4v) is 3.92. The first-order valence-corrected chi connectivity index (χ1v) is 9.44. The van der Waals surface area contributed by atoms with Crippen LogP contribution in [-0.2, 0) is 6.54 Å². The Hall–Kier alpha value is -3.66. The second kappa shape index (κ2) is 7.40. The fraction of sp³-hybridized carbons (Fsp3) is 0.120. The van der Waals surface area contributed by atoms with E-state index in [4.69, 9.17) is 4.74 Å². The van der Waals surface area contributed by atoms with Gasteiger partial charge < -0.3 is 9.30 Å². The van der Waals surface area contributed by atoms with E-state index in [-0.39, 0.29) is 0 Å². The summed E-state index contributed by atoms with van der Waals surface area (Å²) < 4.78 is 7.79. The van der Waals surface area contributed by atoms with Crippen LogP contribution in [0, 0.1) is 13.8 Å². The zero-order valence-electron chi connectivity index (χ0n) is 16.4. The van der Waals surface area contributed by atoms with Gasteiger partial charge in [-0.25, -0.2) is 4.79 Å². The van der Waals surface area contributed by atoms with Crippen molar-refractivity contribution in [1.82, 2.24) is 4.57 Å². The molecule has 0 spiro atoms. The Morgan fingerprint density at radius 3 is 2.55 bits per heavy atom. The molecule has 0 aliphatic rings. The van der Waals surface area contributed by atoms with E-state index >= 15 is 0 Å². The molecule has 1 heterocycles. The minimum absolute atomic E-state index is 0.402. The molecule has 4 nitrogen and oxygen atoms in total. The summed E-state index contributed by atoms with van der Waals surface area (Å²) in [5, 5.41) is 1.95. The standard InChI is InChI=1S/C25H21NO3/c1-4-12-26-22-11-10-20(29-25(28)18-8-6-5-7-9-18)14-21(22)23-17(3)19(15-27)13-16(2)24(23)26/h4-11,13-15H,1,12H2,2-3H3. The highest BCUT2D eigenvalue weighted by Crippen LogP contribution is 2.37. The number of fused-ring (bicyclic) bond motifs is 3. The lowest BCUT2D eigenvalue weighted by molar-refractivity contribution is 0.0735. The van der Waals surface area contributed by atoms with Crippen molar-refractivity contribution in [3.63, 3.8) is 0 Å². The van der Waals surface area contributed by atoms with Gasteiger partial charge in [0.15, 0.2) is 0 Å². The molecule has 4 aromatic rings. The molecule has 0 saturated heterocycles. The van der Waals surface area contributed by atoms with Crippen molar-refractivity contribution in [1.29, 1.82) is 0 Å². The Bertz CT molecular complexity index is 1270. The number of esters is 1. The third-order valence-electron chi connectivity index (χ3n) is 5.25. The largest absolute Gasteiger partial charge is 0.423 e. The monoisotopic (exact) mass is 383 g/mol. The number of ether oxygens (including phenoxy) is 1. The molecular weight excluding hydrogens is 362 g/mol. The normalized spacial score (nSPS) is 11.0. The topological polar surface area (TPSA) is 48.3 Å². The lowest BCUT2D eigenvalue weighted by atomic mass is 9.99. The average Bonchev–Trinajstić information content (AvgIpc) is 3.06. The summed E-state index contributed by atoms with van der Waals surface area (Å²) >= 11 is 0. The highest BCUT2D eigenvalue weighted by Gasteiger charge is 2.18. The number of allylic oxidation sites excluding steroid dienone is 1. The minimum atomic E-state index is -0.402. The minimum Gasteiger partial charge on any atom is -0.423 e. The molecule has 0 unspecified atom stereocenters. The van der Waals surface area contributed by atoms with Gasteiger partial charge in [0.2, 0.25) is 0 Å². The molecule has 4 rings (SSSR count). The quantitative estimate of drug-likeness (QED) is 0.194. The van der Waals surface area contributed by atoms with Crippen molar-refractivity contribution in [3.8, 4) is 5.75 Å². The highest BCUT2D eigenvalue weighted by atomic mass is 16.5. The third-order valence-corrected chi connectivity index (χ3v) is 5.25. The number of rotatable bonds is 5. The summed E-state index contributed by atoms with van der Waals surface area (Å²) in [7, 11) is 0. The van der Waals surface area contributed by atoms with Crippen molar-refractivity contribution < 1.29 is 14.3 Å². The van der Waals surface area contributed by atoms with Crippen LogP contribution in [0.3, 0.4) is 0 Å². The van der Waals surface area contributed by atoms with Crippen LogP contribution in [0.2, 0.25) is 0 Å². The molecular formula is C25H21NO3. The molecule has 0 amide bonds. The zero-order chi connectivity index (χ0) is 20.5.